The minimum atomic E-state index is -0.394. The largest absolute Gasteiger partial charge is 0.377 e. The summed E-state index contributed by atoms with van der Waals surface area (Å²) in [6, 6.07) is 4.81. The van der Waals surface area contributed by atoms with E-state index in [-0.39, 0.29) is 5.69 Å². The Hall–Kier alpha value is -1.42. The van der Waals surface area contributed by atoms with Crippen molar-refractivity contribution in [3.8, 4) is 0 Å². The van der Waals surface area contributed by atoms with Gasteiger partial charge in [-0.1, -0.05) is 6.07 Å². The van der Waals surface area contributed by atoms with Gasteiger partial charge in [0.2, 0.25) is 0 Å². The molecule has 0 N–H and O–H groups in total. The summed E-state index contributed by atoms with van der Waals surface area (Å²) in [5.41, 5.74) is 2.01. The van der Waals surface area contributed by atoms with Gasteiger partial charge in [0.1, 0.15) is 0 Å². The Labute approximate surface area is 82.7 Å². The van der Waals surface area contributed by atoms with Crippen LogP contribution in [0.4, 0.5) is 5.69 Å². The Morgan fingerprint density at radius 3 is 2.79 bits per heavy atom. The third-order valence-corrected chi connectivity index (χ3v) is 2.01. The van der Waals surface area contributed by atoms with Crippen LogP contribution in [0.25, 0.3) is 0 Å². The molecule has 1 rings (SSSR count). The first-order valence-corrected chi connectivity index (χ1v) is 4.46. The molecule has 0 aliphatic carbocycles. The third kappa shape index (κ3) is 2.53. The van der Waals surface area contributed by atoms with Crippen LogP contribution in [0.3, 0.4) is 0 Å². The summed E-state index contributed by atoms with van der Waals surface area (Å²) in [5.74, 6) is 0. The van der Waals surface area contributed by atoms with E-state index < -0.39 is 4.92 Å². The van der Waals surface area contributed by atoms with Crippen LogP contribution in [0.2, 0.25) is 0 Å². The van der Waals surface area contributed by atoms with Crippen molar-refractivity contribution in [3.05, 3.63) is 39.4 Å². The third-order valence-electron chi connectivity index (χ3n) is 2.01. The summed E-state index contributed by atoms with van der Waals surface area (Å²) >= 11 is 0. The zero-order chi connectivity index (χ0) is 10.6. The van der Waals surface area contributed by atoms with E-state index in [0.29, 0.717) is 13.2 Å². The van der Waals surface area contributed by atoms with Crippen LogP contribution in [0.1, 0.15) is 18.1 Å². The van der Waals surface area contributed by atoms with Crippen molar-refractivity contribution >= 4 is 5.69 Å². The number of rotatable bonds is 4. The Bertz CT molecular complexity index is 336. The van der Waals surface area contributed by atoms with Crippen molar-refractivity contribution in [2.75, 3.05) is 6.61 Å². The molecule has 0 fully saturated rings. The van der Waals surface area contributed by atoms with Crippen molar-refractivity contribution in [2.45, 2.75) is 20.5 Å². The maximum atomic E-state index is 10.5. The molecule has 1 aromatic carbocycles. The molecule has 4 nitrogen and oxygen atoms in total. The molecule has 0 aliphatic rings. The number of aryl methyl sites for hydroxylation is 1. The van der Waals surface area contributed by atoms with Gasteiger partial charge in [0.05, 0.1) is 11.5 Å². The highest BCUT2D eigenvalue weighted by Gasteiger charge is 2.07. The van der Waals surface area contributed by atoms with Gasteiger partial charge in [0.25, 0.3) is 5.69 Å². The van der Waals surface area contributed by atoms with E-state index in [1.54, 1.807) is 12.1 Å². The molecule has 4 heteroatoms. The predicted octanol–water partition coefficient (Wildman–Crippen LogP) is 2.44. The SMILES string of the molecule is CCOCc1cc([N+](=O)[O-])ccc1C. The summed E-state index contributed by atoms with van der Waals surface area (Å²) in [5, 5.41) is 10.5. The van der Waals surface area contributed by atoms with Crippen LogP contribution >= 0.6 is 0 Å². The van der Waals surface area contributed by atoms with Crippen molar-refractivity contribution in [2.24, 2.45) is 0 Å². The maximum absolute atomic E-state index is 10.5. The fraction of sp³-hybridized carbons (Fsp3) is 0.400. The second kappa shape index (κ2) is 4.72. The van der Waals surface area contributed by atoms with Gasteiger partial charge in [-0.2, -0.15) is 0 Å². The van der Waals surface area contributed by atoms with E-state index in [9.17, 15) is 10.1 Å². The summed E-state index contributed by atoms with van der Waals surface area (Å²) in [7, 11) is 0. The summed E-state index contributed by atoms with van der Waals surface area (Å²) in [6.45, 7) is 4.86. The molecule has 0 aliphatic heterocycles. The molecule has 0 amide bonds. The number of hydrogen-bond acceptors (Lipinski definition) is 3. The van der Waals surface area contributed by atoms with Crippen LogP contribution in [0.15, 0.2) is 18.2 Å². The van der Waals surface area contributed by atoms with Gasteiger partial charge in [-0.3, -0.25) is 10.1 Å². The average Bonchev–Trinajstić information content (AvgIpc) is 2.16. The average molecular weight is 195 g/mol. The second-order valence-corrected chi connectivity index (χ2v) is 3.01. The highest BCUT2D eigenvalue weighted by atomic mass is 16.6. The molecule has 0 atom stereocenters. The van der Waals surface area contributed by atoms with E-state index in [4.69, 9.17) is 4.74 Å². The fourth-order valence-electron chi connectivity index (χ4n) is 1.14. The Morgan fingerprint density at radius 2 is 2.21 bits per heavy atom. The molecule has 0 saturated heterocycles. The summed E-state index contributed by atoms with van der Waals surface area (Å²) in [4.78, 5) is 10.1. The van der Waals surface area contributed by atoms with Crippen molar-refractivity contribution in [3.63, 3.8) is 0 Å². The number of benzene rings is 1. The molecule has 0 radical (unpaired) electrons. The molecule has 76 valence electrons. The van der Waals surface area contributed by atoms with Gasteiger partial charge >= 0.3 is 0 Å². The van der Waals surface area contributed by atoms with Gasteiger partial charge in [-0.05, 0) is 25.0 Å². The smallest absolute Gasteiger partial charge is 0.269 e. The monoisotopic (exact) mass is 195 g/mol. The van der Waals surface area contributed by atoms with Crippen molar-refractivity contribution in [1.82, 2.24) is 0 Å². The Morgan fingerprint density at radius 1 is 1.50 bits per heavy atom. The number of hydrogen-bond donors (Lipinski definition) is 0. The highest BCUT2D eigenvalue weighted by molar-refractivity contribution is 5.38. The highest BCUT2D eigenvalue weighted by Crippen LogP contribution is 2.17. The van der Waals surface area contributed by atoms with Crippen LogP contribution < -0.4 is 0 Å². The van der Waals surface area contributed by atoms with Crippen LogP contribution in [0, 0.1) is 17.0 Å². The first-order chi connectivity index (χ1) is 6.65. The minimum absolute atomic E-state index is 0.116. The Balaban J connectivity index is 2.90. The van der Waals surface area contributed by atoms with Gasteiger partial charge in [-0.15, -0.1) is 0 Å². The number of nitrogens with zero attached hydrogens (tertiary/aromatic N) is 1. The topological polar surface area (TPSA) is 52.4 Å². The van der Waals surface area contributed by atoms with Crippen molar-refractivity contribution < 1.29 is 9.66 Å². The van der Waals surface area contributed by atoms with Crippen LogP contribution in [-0.2, 0) is 11.3 Å². The normalized spacial score (nSPS) is 10.1. The molecule has 1 aromatic rings. The molecule has 0 bridgehead atoms. The van der Waals surface area contributed by atoms with E-state index in [0.717, 1.165) is 11.1 Å². The fourth-order valence-corrected chi connectivity index (χ4v) is 1.14. The van der Waals surface area contributed by atoms with E-state index in [1.165, 1.54) is 6.07 Å². The summed E-state index contributed by atoms with van der Waals surface area (Å²) in [6.07, 6.45) is 0. The van der Waals surface area contributed by atoms with E-state index in [2.05, 4.69) is 0 Å². The zero-order valence-corrected chi connectivity index (χ0v) is 8.32. The van der Waals surface area contributed by atoms with E-state index in [1.807, 2.05) is 13.8 Å². The lowest BCUT2D eigenvalue weighted by Gasteiger charge is -2.04. The number of ether oxygens (including phenoxy) is 1. The number of nitro groups is 1. The van der Waals surface area contributed by atoms with Gasteiger partial charge in [0, 0.05) is 18.7 Å². The first-order valence-electron chi connectivity index (χ1n) is 4.46. The zero-order valence-electron chi connectivity index (χ0n) is 8.32. The molecule has 0 spiro atoms. The molecule has 0 aromatic heterocycles. The number of nitro benzene ring substituents is 1. The lowest BCUT2D eigenvalue weighted by Crippen LogP contribution is -1.97. The second-order valence-electron chi connectivity index (χ2n) is 3.01. The molecular weight excluding hydrogens is 182 g/mol. The van der Waals surface area contributed by atoms with Crippen LogP contribution in [0.5, 0.6) is 0 Å². The first kappa shape index (κ1) is 10.7. The molecule has 0 saturated carbocycles. The maximum Gasteiger partial charge on any atom is 0.269 e. The van der Waals surface area contributed by atoms with Crippen LogP contribution in [-0.4, -0.2) is 11.5 Å². The van der Waals surface area contributed by atoms with Gasteiger partial charge < -0.3 is 4.74 Å². The quantitative estimate of drug-likeness (QED) is 0.547. The standard InChI is InChI=1S/C10H13NO3/c1-3-14-7-9-6-10(11(12)13)5-4-8(9)2/h4-6H,3,7H2,1-2H3. The summed E-state index contributed by atoms with van der Waals surface area (Å²) < 4.78 is 5.21. The molecule has 14 heavy (non-hydrogen) atoms. The van der Waals surface area contributed by atoms with Gasteiger partial charge in [-0.25, -0.2) is 0 Å². The number of non-ortho nitro benzene ring substituents is 1. The van der Waals surface area contributed by atoms with Crippen molar-refractivity contribution in [1.29, 1.82) is 0 Å². The lowest BCUT2D eigenvalue weighted by atomic mass is 10.1. The minimum Gasteiger partial charge on any atom is -0.377 e. The molecule has 0 heterocycles. The predicted molar refractivity (Wildman–Crippen MR) is 53.2 cm³/mol. The molecule has 0 unspecified atom stereocenters. The van der Waals surface area contributed by atoms with Gasteiger partial charge in [0.15, 0.2) is 0 Å². The lowest BCUT2D eigenvalue weighted by molar-refractivity contribution is -0.385. The Kier molecular flexibility index (Phi) is 3.59. The molecular formula is C10H13NO3. The van der Waals surface area contributed by atoms with E-state index >= 15 is 0 Å².